The number of hydrogen-bond donors (Lipinski definition) is 2. The average molecular weight is 355 g/mol. The van der Waals surface area contributed by atoms with Gasteiger partial charge < -0.3 is 0 Å². The minimum Gasteiger partial charge on any atom is -0.271 e. The van der Waals surface area contributed by atoms with E-state index in [1.54, 1.807) is 0 Å². The minimum absolute atomic E-state index is 0.353. The molecule has 1 heterocycles. The van der Waals surface area contributed by atoms with E-state index in [-0.39, 0.29) is 0 Å². The van der Waals surface area contributed by atoms with Crippen molar-refractivity contribution in [3.8, 4) is 0 Å². The van der Waals surface area contributed by atoms with Gasteiger partial charge in [-0.15, -0.1) is 0 Å². The summed E-state index contributed by atoms with van der Waals surface area (Å²) in [6.07, 6.45) is 8.93. The van der Waals surface area contributed by atoms with Crippen molar-refractivity contribution >= 4 is 15.9 Å². The Morgan fingerprint density at radius 1 is 1.43 bits per heavy atom. The lowest BCUT2D eigenvalue weighted by Gasteiger charge is -2.26. The number of rotatable bonds is 6. The second-order valence-corrected chi connectivity index (χ2v) is 7.72. The monoisotopic (exact) mass is 354 g/mol. The number of aryl methyl sites for hydroxylation is 2. The van der Waals surface area contributed by atoms with Gasteiger partial charge in [-0.05, 0) is 65.8 Å². The maximum Gasteiger partial charge on any atom is 0.0766 e. The molecule has 118 valence electrons. The Labute approximate surface area is 135 Å². The summed E-state index contributed by atoms with van der Waals surface area (Å²) in [5.41, 5.74) is 5.46. The molecule has 0 aromatic carbocycles. The van der Waals surface area contributed by atoms with Crippen molar-refractivity contribution in [3.05, 3.63) is 15.9 Å². The lowest BCUT2D eigenvalue weighted by molar-refractivity contribution is 0.276. The number of halogens is 1. The van der Waals surface area contributed by atoms with E-state index >= 15 is 0 Å². The number of nitrogens with zero attached hydrogens (tertiary/aromatic N) is 2. The molecule has 5 heteroatoms. The highest BCUT2D eigenvalue weighted by molar-refractivity contribution is 9.10. The molecule has 4 nitrogen and oxygen atoms in total. The Kier molecular flexibility index (Phi) is 4.71. The van der Waals surface area contributed by atoms with Crippen LogP contribution in [-0.2, 0) is 19.9 Å². The van der Waals surface area contributed by atoms with Crippen LogP contribution >= 0.6 is 15.9 Å². The van der Waals surface area contributed by atoms with Gasteiger partial charge in [-0.3, -0.25) is 16.0 Å². The molecule has 2 saturated carbocycles. The van der Waals surface area contributed by atoms with Gasteiger partial charge in [0.25, 0.3) is 0 Å². The molecular weight excluding hydrogens is 328 g/mol. The van der Waals surface area contributed by atoms with Gasteiger partial charge in [-0.25, -0.2) is 0 Å². The summed E-state index contributed by atoms with van der Waals surface area (Å²) < 4.78 is 3.18. The minimum atomic E-state index is 0.353. The van der Waals surface area contributed by atoms with Crippen molar-refractivity contribution in [1.82, 2.24) is 15.2 Å². The maximum absolute atomic E-state index is 5.84. The first-order valence-electron chi connectivity index (χ1n) is 8.28. The van der Waals surface area contributed by atoms with Crippen LogP contribution < -0.4 is 11.3 Å². The Balaban J connectivity index is 1.66. The molecule has 3 rings (SSSR count). The van der Waals surface area contributed by atoms with E-state index in [4.69, 9.17) is 5.84 Å². The Morgan fingerprint density at radius 3 is 2.76 bits per heavy atom. The van der Waals surface area contributed by atoms with Crippen LogP contribution in [0.5, 0.6) is 0 Å². The highest BCUT2D eigenvalue weighted by atomic mass is 79.9. The number of hydrogen-bond acceptors (Lipinski definition) is 3. The molecule has 0 saturated heterocycles. The third kappa shape index (κ3) is 3.06. The Bertz CT molecular complexity index is 499. The number of hydrazine groups is 1. The van der Waals surface area contributed by atoms with Crippen molar-refractivity contribution in [2.45, 2.75) is 57.9 Å². The summed E-state index contributed by atoms with van der Waals surface area (Å²) in [5.74, 6) is 8.69. The third-order valence-electron chi connectivity index (χ3n) is 5.65. The average Bonchev–Trinajstić information content (AvgIpc) is 3.16. The smallest absolute Gasteiger partial charge is 0.0766 e. The van der Waals surface area contributed by atoms with Gasteiger partial charge in [0.1, 0.15) is 0 Å². The molecule has 1 aromatic rings. The summed E-state index contributed by atoms with van der Waals surface area (Å²) >= 11 is 3.71. The standard InChI is InChI=1S/C16H27BrN4/c1-3-14-16(17)15(21(2)20-14)9-13(19-18)8-12-7-10-4-5-11(12)6-10/h10-13,19H,3-9,18H2,1-2H3. The van der Waals surface area contributed by atoms with Gasteiger partial charge in [0.2, 0.25) is 0 Å². The molecule has 4 unspecified atom stereocenters. The zero-order valence-corrected chi connectivity index (χ0v) is 14.7. The summed E-state index contributed by atoms with van der Waals surface area (Å²) in [7, 11) is 2.03. The molecule has 0 amide bonds. The van der Waals surface area contributed by atoms with Crippen molar-refractivity contribution in [2.75, 3.05) is 0 Å². The van der Waals surface area contributed by atoms with E-state index in [0.717, 1.165) is 36.3 Å². The lowest BCUT2D eigenvalue weighted by atomic mass is 9.83. The Hall–Kier alpha value is -0.390. The van der Waals surface area contributed by atoms with E-state index in [2.05, 4.69) is 33.4 Å². The first-order chi connectivity index (χ1) is 10.1. The van der Waals surface area contributed by atoms with E-state index in [9.17, 15) is 0 Å². The van der Waals surface area contributed by atoms with Crippen LogP contribution in [0.4, 0.5) is 0 Å². The molecule has 2 bridgehead atoms. The molecule has 2 fully saturated rings. The van der Waals surface area contributed by atoms with Gasteiger partial charge >= 0.3 is 0 Å². The number of nitrogens with two attached hydrogens (primary N) is 1. The van der Waals surface area contributed by atoms with Crippen molar-refractivity contribution < 1.29 is 0 Å². The van der Waals surface area contributed by atoms with Gasteiger partial charge in [0, 0.05) is 19.5 Å². The predicted octanol–water partition coefficient (Wildman–Crippen LogP) is 2.95. The zero-order chi connectivity index (χ0) is 15.0. The van der Waals surface area contributed by atoms with E-state index in [1.807, 2.05) is 11.7 Å². The van der Waals surface area contributed by atoms with Crippen molar-refractivity contribution in [3.63, 3.8) is 0 Å². The fourth-order valence-corrected chi connectivity index (χ4v) is 5.29. The first-order valence-corrected chi connectivity index (χ1v) is 9.08. The van der Waals surface area contributed by atoms with Crippen LogP contribution in [0.15, 0.2) is 4.47 Å². The van der Waals surface area contributed by atoms with Crippen LogP contribution in [0.2, 0.25) is 0 Å². The van der Waals surface area contributed by atoms with Crippen molar-refractivity contribution in [2.24, 2.45) is 30.6 Å². The molecule has 1 aromatic heterocycles. The van der Waals surface area contributed by atoms with Crippen LogP contribution in [-0.4, -0.2) is 15.8 Å². The molecule has 0 radical (unpaired) electrons. The summed E-state index contributed by atoms with van der Waals surface area (Å²) in [6.45, 7) is 2.14. The highest BCUT2D eigenvalue weighted by Gasteiger charge is 2.40. The molecule has 0 aliphatic heterocycles. The van der Waals surface area contributed by atoms with E-state index in [0.29, 0.717) is 6.04 Å². The normalized spacial score (nSPS) is 29.2. The molecule has 4 atom stereocenters. The second kappa shape index (κ2) is 6.39. The number of nitrogens with one attached hydrogen (secondary N) is 1. The van der Waals surface area contributed by atoms with Crippen LogP contribution in [0.1, 0.15) is 50.4 Å². The summed E-state index contributed by atoms with van der Waals surface area (Å²) in [5, 5.41) is 4.59. The van der Waals surface area contributed by atoms with Gasteiger partial charge in [0.15, 0.2) is 0 Å². The molecule has 3 N–H and O–H groups in total. The summed E-state index contributed by atoms with van der Waals surface area (Å²) in [6, 6.07) is 0.353. The van der Waals surface area contributed by atoms with Gasteiger partial charge in [0.05, 0.1) is 15.9 Å². The lowest BCUT2D eigenvalue weighted by Crippen LogP contribution is -2.39. The fraction of sp³-hybridized carbons (Fsp3) is 0.812. The Morgan fingerprint density at radius 2 is 2.24 bits per heavy atom. The van der Waals surface area contributed by atoms with Gasteiger partial charge in [-0.2, -0.15) is 5.10 Å². The predicted molar refractivity (Wildman–Crippen MR) is 88.7 cm³/mol. The van der Waals surface area contributed by atoms with Crippen molar-refractivity contribution in [1.29, 1.82) is 0 Å². The zero-order valence-electron chi connectivity index (χ0n) is 13.1. The molecule has 0 spiro atoms. The number of fused-ring (bicyclic) bond motifs is 2. The molecule has 2 aliphatic rings. The quantitative estimate of drug-likeness (QED) is 0.609. The molecule has 21 heavy (non-hydrogen) atoms. The largest absolute Gasteiger partial charge is 0.271 e. The second-order valence-electron chi connectivity index (χ2n) is 6.92. The fourth-order valence-electron chi connectivity index (χ4n) is 4.52. The van der Waals surface area contributed by atoms with Crippen LogP contribution in [0.25, 0.3) is 0 Å². The maximum atomic E-state index is 5.84. The topological polar surface area (TPSA) is 55.9 Å². The highest BCUT2D eigenvalue weighted by Crippen LogP contribution is 2.50. The van der Waals surface area contributed by atoms with Crippen LogP contribution in [0, 0.1) is 17.8 Å². The molecular formula is C16H27BrN4. The van der Waals surface area contributed by atoms with E-state index in [1.165, 1.54) is 42.3 Å². The van der Waals surface area contributed by atoms with Gasteiger partial charge in [-0.1, -0.05) is 13.3 Å². The van der Waals surface area contributed by atoms with Crippen LogP contribution in [0.3, 0.4) is 0 Å². The SMILES string of the molecule is CCc1nn(C)c(CC(CC2CC3CCC2C3)NN)c1Br. The summed E-state index contributed by atoms with van der Waals surface area (Å²) in [4.78, 5) is 0. The molecule has 2 aliphatic carbocycles. The first kappa shape index (κ1) is 15.5. The third-order valence-corrected chi connectivity index (χ3v) is 6.57. The number of aromatic nitrogens is 2. The van der Waals surface area contributed by atoms with E-state index < -0.39 is 0 Å².